The van der Waals surface area contributed by atoms with E-state index >= 15 is 0 Å². The zero-order valence-corrected chi connectivity index (χ0v) is 20.6. The Morgan fingerprint density at radius 3 is 2.06 bits per heavy atom. The number of aromatic nitrogens is 3. The van der Waals surface area contributed by atoms with E-state index in [0.717, 1.165) is 46.0 Å². The summed E-state index contributed by atoms with van der Waals surface area (Å²) in [6.07, 6.45) is 6.49. The van der Waals surface area contributed by atoms with E-state index in [9.17, 15) is 0 Å². The third-order valence-electron chi connectivity index (χ3n) is 5.02. The van der Waals surface area contributed by atoms with E-state index in [0.29, 0.717) is 0 Å². The monoisotopic (exact) mass is 516 g/mol. The van der Waals surface area contributed by atoms with Gasteiger partial charge in [-0.1, -0.05) is 103 Å². The number of halogens is 1. The van der Waals surface area contributed by atoms with Gasteiger partial charge in [0.2, 0.25) is 5.16 Å². The van der Waals surface area contributed by atoms with Gasteiger partial charge in [0.15, 0.2) is 5.82 Å². The molecule has 0 radical (unpaired) electrons. The fraction of sp³-hybridized carbons (Fsp3) is 0.148. The maximum Gasteiger partial charge on any atom is 0.212 e. The van der Waals surface area contributed by atoms with Crippen molar-refractivity contribution in [2.75, 3.05) is 5.75 Å². The Morgan fingerprint density at radius 2 is 1.39 bits per heavy atom. The number of allylic oxidation sites excluding steroid dienone is 1. The molecule has 0 aliphatic carbocycles. The van der Waals surface area contributed by atoms with Crippen LogP contribution in [0, 0.1) is 0 Å². The van der Waals surface area contributed by atoms with Gasteiger partial charge < -0.3 is 0 Å². The molecule has 33 heavy (non-hydrogen) atoms. The Kier molecular flexibility index (Phi) is 8.67. The first-order valence-electron chi connectivity index (χ1n) is 10.9. The topological polar surface area (TPSA) is 43.1 Å². The van der Waals surface area contributed by atoms with Gasteiger partial charge in [-0.2, -0.15) is 9.78 Å². The molecule has 0 unspecified atom stereocenters. The van der Waals surface area contributed by atoms with Gasteiger partial charge >= 0.3 is 0 Å². The van der Waals surface area contributed by atoms with Crippen molar-refractivity contribution in [1.29, 1.82) is 0 Å². The highest BCUT2D eigenvalue weighted by molar-refractivity contribution is 9.12. The minimum Gasteiger partial charge on any atom is -0.191 e. The number of nitrogens with zero attached hydrogens (tertiary/aromatic N) is 4. The summed E-state index contributed by atoms with van der Waals surface area (Å²) in [7, 11) is 0. The van der Waals surface area contributed by atoms with Crippen molar-refractivity contribution in [2.45, 2.75) is 24.4 Å². The first kappa shape index (κ1) is 23.2. The number of hydrogen-bond acceptors (Lipinski definition) is 4. The summed E-state index contributed by atoms with van der Waals surface area (Å²) in [6, 6.07) is 31.1. The molecule has 1 heterocycles. The molecule has 0 fully saturated rings. The molecule has 0 bridgehead atoms. The van der Waals surface area contributed by atoms with E-state index < -0.39 is 0 Å². The van der Waals surface area contributed by atoms with Gasteiger partial charge in [0.05, 0.1) is 6.21 Å². The Balaban J connectivity index is 1.50. The summed E-state index contributed by atoms with van der Waals surface area (Å²) < 4.78 is 2.76. The third kappa shape index (κ3) is 7.27. The molecule has 4 nitrogen and oxygen atoms in total. The molecule has 0 saturated heterocycles. The van der Waals surface area contributed by atoms with Crippen molar-refractivity contribution in [3.8, 4) is 0 Å². The number of aryl methyl sites for hydroxylation is 3. The second-order valence-corrected chi connectivity index (χ2v) is 9.44. The van der Waals surface area contributed by atoms with Crippen LogP contribution in [0.2, 0.25) is 0 Å². The van der Waals surface area contributed by atoms with Crippen LogP contribution in [0.4, 0.5) is 0 Å². The van der Waals surface area contributed by atoms with E-state index in [2.05, 4.69) is 86.8 Å². The molecular weight excluding hydrogens is 492 g/mol. The highest BCUT2D eigenvalue weighted by Crippen LogP contribution is 2.20. The minimum atomic E-state index is 0.771. The van der Waals surface area contributed by atoms with Crippen molar-refractivity contribution in [1.82, 2.24) is 14.9 Å². The number of benzene rings is 3. The first-order valence-corrected chi connectivity index (χ1v) is 12.7. The number of rotatable bonds is 10. The van der Waals surface area contributed by atoms with E-state index in [4.69, 9.17) is 5.10 Å². The number of thioether (sulfide) groups is 1. The molecule has 6 heteroatoms. The molecule has 3 aromatic carbocycles. The Morgan fingerprint density at radius 1 is 0.788 bits per heavy atom. The molecule has 166 valence electrons. The molecule has 0 aliphatic heterocycles. The molecule has 0 amide bonds. The van der Waals surface area contributed by atoms with E-state index in [1.807, 2.05) is 47.3 Å². The van der Waals surface area contributed by atoms with Gasteiger partial charge in [0.1, 0.15) is 0 Å². The van der Waals surface area contributed by atoms with Crippen LogP contribution in [0.5, 0.6) is 0 Å². The quantitative estimate of drug-likeness (QED) is 0.174. The molecule has 0 saturated carbocycles. The van der Waals surface area contributed by atoms with Gasteiger partial charge in [-0.3, -0.25) is 0 Å². The van der Waals surface area contributed by atoms with E-state index in [1.165, 1.54) is 11.1 Å². The lowest BCUT2D eigenvalue weighted by Crippen LogP contribution is -2.03. The zero-order chi connectivity index (χ0) is 22.7. The van der Waals surface area contributed by atoms with Gasteiger partial charge in [-0.15, -0.1) is 10.2 Å². The molecule has 4 aromatic rings. The zero-order valence-electron chi connectivity index (χ0n) is 18.2. The normalized spacial score (nSPS) is 11.8. The summed E-state index contributed by atoms with van der Waals surface area (Å²) >= 11 is 5.30. The maximum absolute atomic E-state index is 4.73. The average molecular weight is 517 g/mol. The van der Waals surface area contributed by atoms with Crippen LogP contribution in [0.1, 0.15) is 22.5 Å². The summed E-state index contributed by atoms with van der Waals surface area (Å²) in [5.74, 6) is 1.77. The number of hydrogen-bond donors (Lipinski definition) is 0. The average Bonchev–Trinajstić information content (AvgIpc) is 3.25. The fourth-order valence-corrected chi connectivity index (χ4v) is 4.57. The molecule has 4 rings (SSSR count). The summed E-state index contributed by atoms with van der Waals surface area (Å²) in [6.45, 7) is 0. The lowest BCUT2D eigenvalue weighted by molar-refractivity contribution is 0.706. The second kappa shape index (κ2) is 12.3. The highest BCUT2D eigenvalue weighted by Gasteiger charge is 2.12. The van der Waals surface area contributed by atoms with Crippen molar-refractivity contribution in [3.63, 3.8) is 0 Å². The maximum atomic E-state index is 4.73. The first-order chi connectivity index (χ1) is 16.3. The Bertz CT molecular complexity index is 1190. The molecule has 0 N–H and O–H groups in total. The minimum absolute atomic E-state index is 0.771. The van der Waals surface area contributed by atoms with Gasteiger partial charge in [0.25, 0.3) is 0 Å². The van der Waals surface area contributed by atoms with Crippen LogP contribution in [-0.4, -0.2) is 26.8 Å². The molecule has 0 spiro atoms. The fourth-order valence-electron chi connectivity index (χ4n) is 3.32. The lowest BCUT2D eigenvalue weighted by atomic mass is 10.1. The van der Waals surface area contributed by atoms with Gasteiger partial charge in [0, 0.05) is 16.7 Å². The largest absolute Gasteiger partial charge is 0.212 e. The van der Waals surface area contributed by atoms with Crippen LogP contribution in [-0.2, 0) is 19.3 Å². The summed E-state index contributed by atoms with van der Waals surface area (Å²) in [5.41, 5.74) is 3.71. The SMILES string of the molecule is BrC(/C=N\n1c(CCc2ccccc2)nnc1SCCc1ccccc1)=C\c1ccccc1. The van der Waals surface area contributed by atoms with Crippen LogP contribution >= 0.6 is 27.7 Å². The smallest absolute Gasteiger partial charge is 0.191 e. The Hall–Kier alpha value is -2.96. The summed E-state index contributed by atoms with van der Waals surface area (Å²) in [5, 5.41) is 14.5. The standard InChI is InChI=1S/C27H25BrN4S/c28-25(20-24-14-8-3-9-15-24)21-29-32-26(17-16-22-10-4-1-5-11-22)30-31-27(32)33-19-18-23-12-6-2-7-13-23/h1-15,20-21H,16-19H2/b25-20-,29-21-. The van der Waals surface area contributed by atoms with Gasteiger partial charge in [-0.05, 0) is 51.5 Å². The van der Waals surface area contributed by atoms with Crippen LogP contribution in [0.25, 0.3) is 6.08 Å². The predicted octanol–water partition coefficient (Wildman–Crippen LogP) is 6.67. The Labute approximate surface area is 207 Å². The van der Waals surface area contributed by atoms with Gasteiger partial charge in [-0.25, -0.2) is 0 Å². The summed E-state index contributed by atoms with van der Waals surface area (Å²) in [4.78, 5) is 0. The van der Waals surface area contributed by atoms with Crippen LogP contribution in [0.3, 0.4) is 0 Å². The predicted molar refractivity (Wildman–Crippen MR) is 142 cm³/mol. The molecule has 0 atom stereocenters. The molecule has 1 aromatic heterocycles. The third-order valence-corrected chi connectivity index (χ3v) is 6.38. The van der Waals surface area contributed by atoms with Crippen molar-refractivity contribution >= 4 is 40.0 Å². The van der Waals surface area contributed by atoms with Crippen molar-refractivity contribution in [2.24, 2.45) is 5.10 Å². The second-order valence-electron chi connectivity index (χ2n) is 7.46. The highest BCUT2D eigenvalue weighted by atomic mass is 79.9. The van der Waals surface area contributed by atoms with Crippen molar-refractivity contribution in [3.05, 3.63) is 118 Å². The van der Waals surface area contributed by atoms with Crippen molar-refractivity contribution < 1.29 is 0 Å². The molecular formula is C27H25BrN4S. The van der Waals surface area contributed by atoms with E-state index in [-0.39, 0.29) is 0 Å². The lowest BCUT2D eigenvalue weighted by Gasteiger charge is -2.05. The van der Waals surface area contributed by atoms with Crippen LogP contribution in [0.15, 0.2) is 106 Å². The van der Waals surface area contributed by atoms with E-state index in [1.54, 1.807) is 11.8 Å². The molecule has 0 aliphatic rings. The van der Waals surface area contributed by atoms with Crippen LogP contribution < -0.4 is 0 Å².